The van der Waals surface area contributed by atoms with E-state index < -0.39 is 0 Å². The van der Waals surface area contributed by atoms with Gasteiger partial charge in [0, 0.05) is 11.6 Å². The Labute approximate surface area is 143 Å². The minimum Gasteiger partial charge on any atom is -0.461 e. The predicted molar refractivity (Wildman–Crippen MR) is 93.1 cm³/mol. The van der Waals surface area contributed by atoms with Crippen molar-refractivity contribution in [2.24, 2.45) is 5.92 Å². The third kappa shape index (κ3) is 3.96. The van der Waals surface area contributed by atoms with Crippen molar-refractivity contribution in [1.29, 1.82) is 0 Å². The van der Waals surface area contributed by atoms with Crippen LogP contribution in [-0.4, -0.2) is 42.1 Å². The number of aromatic nitrogens is 1. The molecule has 0 saturated carbocycles. The molecule has 0 amide bonds. The van der Waals surface area contributed by atoms with Crippen molar-refractivity contribution < 1.29 is 13.9 Å². The maximum atomic E-state index is 12.4. The molecule has 0 radical (unpaired) electrons. The van der Waals surface area contributed by atoms with Crippen LogP contribution in [0.15, 0.2) is 22.7 Å². The first kappa shape index (κ1) is 17.0. The smallest absolute Gasteiger partial charge is 0.360 e. The van der Waals surface area contributed by atoms with Gasteiger partial charge < -0.3 is 14.1 Å². The molecule has 0 aliphatic carbocycles. The number of ether oxygens (including phenoxy) is 1. The van der Waals surface area contributed by atoms with E-state index in [-0.39, 0.29) is 11.7 Å². The second kappa shape index (κ2) is 7.79. The Hall–Kier alpha value is -1.88. The molecule has 24 heavy (non-hydrogen) atoms. The van der Waals surface area contributed by atoms with Gasteiger partial charge in [-0.15, -0.1) is 0 Å². The van der Waals surface area contributed by atoms with Crippen molar-refractivity contribution in [3.63, 3.8) is 0 Å². The lowest BCUT2D eigenvalue weighted by Crippen LogP contribution is -2.36. The fourth-order valence-electron chi connectivity index (χ4n) is 3.26. The number of aryl methyl sites for hydroxylation is 1. The molecule has 130 valence electrons. The van der Waals surface area contributed by atoms with Crippen LogP contribution in [0.2, 0.25) is 0 Å². The zero-order chi connectivity index (χ0) is 16.9. The molecule has 1 aliphatic rings. The molecule has 2 aromatic heterocycles. The van der Waals surface area contributed by atoms with Crippen molar-refractivity contribution in [2.75, 3.05) is 26.2 Å². The van der Waals surface area contributed by atoms with Crippen LogP contribution in [-0.2, 0) is 4.74 Å². The van der Waals surface area contributed by atoms with Crippen molar-refractivity contribution >= 4 is 16.9 Å². The molecule has 5 nitrogen and oxygen atoms in total. The summed E-state index contributed by atoms with van der Waals surface area (Å²) in [5.74, 6) is 0.833. The van der Waals surface area contributed by atoms with Gasteiger partial charge in [-0.05, 0) is 63.9 Å². The van der Waals surface area contributed by atoms with Gasteiger partial charge in [0.2, 0.25) is 0 Å². The van der Waals surface area contributed by atoms with Gasteiger partial charge in [0.1, 0.15) is 5.76 Å². The summed E-state index contributed by atoms with van der Waals surface area (Å²) in [5, 5.41) is 0.888. The summed E-state index contributed by atoms with van der Waals surface area (Å²) >= 11 is 0. The topological polar surface area (TPSA) is 55.6 Å². The fourth-order valence-corrected chi connectivity index (χ4v) is 3.26. The van der Waals surface area contributed by atoms with Crippen molar-refractivity contribution in [3.8, 4) is 0 Å². The normalized spacial score (nSPS) is 16.6. The van der Waals surface area contributed by atoms with Crippen molar-refractivity contribution in [3.05, 3.63) is 29.8 Å². The number of rotatable bonds is 6. The van der Waals surface area contributed by atoms with E-state index in [9.17, 15) is 4.79 Å². The average molecular weight is 330 g/mol. The number of hydrogen-bond donors (Lipinski definition) is 0. The molecular formula is C19H26N2O3. The third-order valence-corrected chi connectivity index (χ3v) is 4.74. The Bertz CT molecular complexity index is 687. The molecule has 3 rings (SSSR count). The van der Waals surface area contributed by atoms with Gasteiger partial charge >= 0.3 is 5.97 Å². The van der Waals surface area contributed by atoms with Crippen molar-refractivity contribution in [2.45, 2.75) is 39.5 Å². The number of nitrogens with zero attached hydrogens (tertiary/aromatic N) is 2. The molecule has 0 atom stereocenters. The molecule has 3 heterocycles. The highest BCUT2D eigenvalue weighted by atomic mass is 16.5. The second-order valence-electron chi connectivity index (χ2n) is 6.67. The van der Waals surface area contributed by atoms with Crippen LogP contribution in [0.25, 0.3) is 11.0 Å². The molecule has 5 heteroatoms. The molecule has 0 spiro atoms. The molecular weight excluding hydrogens is 304 g/mol. The Morgan fingerprint density at radius 1 is 1.42 bits per heavy atom. The number of unbranched alkanes of at least 4 members (excludes halogenated alkanes) is 1. The van der Waals surface area contributed by atoms with E-state index in [1.54, 1.807) is 6.20 Å². The van der Waals surface area contributed by atoms with Gasteiger partial charge in [0.25, 0.3) is 0 Å². The number of fused-ring (bicyclic) bond motifs is 1. The number of carbonyl (C=O) groups excluding carboxylic acids is 1. The van der Waals surface area contributed by atoms with Crippen LogP contribution < -0.4 is 0 Å². The van der Waals surface area contributed by atoms with E-state index in [1.165, 1.54) is 19.4 Å². The summed E-state index contributed by atoms with van der Waals surface area (Å²) in [6.45, 7) is 7.95. The molecule has 1 fully saturated rings. The number of piperidine rings is 1. The Balaban J connectivity index is 1.52. The van der Waals surface area contributed by atoms with E-state index in [2.05, 4.69) is 16.8 Å². The van der Waals surface area contributed by atoms with E-state index >= 15 is 0 Å². The first-order valence-corrected chi connectivity index (χ1v) is 8.92. The zero-order valence-electron chi connectivity index (χ0n) is 14.6. The average Bonchev–Trinajstić information content (AvgIpc) is 2.98. The van der Waals surface area contributed by atoms with Gasteiger partial charge in [-0.2, -0.15) is 0 Å². The van der Waals surface area contributed by atoms with Crippen LogP contribution in [0.1, 0.15) is 48.9 Å². The number of furan rings is 1. The second-order valence-corrected chi connectivity index (χ2v) is 6.67. The molecule has 0 N–H and O–H groups in total. The largest absolute Gasteiger partial charge is 0.461 e. The van der Waals surface area contributed by atoms with E-state index in [0.29, 0.717) is 18.1 Å². The number of likely N-dealkylation sites (tertiary alicyclic amines) is 1. The van der Waals surface area contributed by atoms with Gasteiger partial charge in [0.05, 0.1) is 6.61 Å². The minimum absolute atomic E-state index is 0.279. The molecule has 1 saturated heterocycles. The zero-order valence-corrected chi connectivity index (χ0v) is 14.6. The molecule has 0 unspecified atom stereocenters. The molecule has 0 bridgehead atoms. The standard InChI is InChI=1S/C19H26N2O3/c1-3-4-9-21-10-6-15(7-11-21)13-23-19(22)17-18-16(5-8-20-17)12-14(2)24-18/h5,8,12,15H,3-4,6-7,9-11,13H2,1-2H3. The first-order valence-electron chi connectivity index (χ1n) is 8.92. The molecule has 0 aromatic carbocycles. The molecule has 1 aliphatic heterocycles. The monoisotopic (exact) mass is 330 g/mol. The third-order valence-electron chi connectivity index (χ3n) is 4.74. The number of esters is 1. The van der Waals surface area contributed by atoms with Gasteiger partial charge in [-0.3, -0.25) is 0 Å². The van der Waals surface area contributed by atoms with Crippen LogP contribution in [0, 0.1) is 12.8 Å². The van der Waals surface area contributed by atoms with Crippen LogP contribution >= 0.6 is 0 Å². The predicted octanol–water partition coefficient (Wildman–Crippen LogP) is 3.81. The fraction of sp³-hybridized carbons (Fsp3) is 0.579. The van der Waals surface area contributed by atoms with Crippen molar-refractivity contribution in [1.82, 2.24) is 9.88 Å². The van der Waals surface area contributed by atoms with Gasteiger partial charge in [-0.1, -0.05) is 13.3 Å². The van der Waals surface area contributed by atoms with E-state index in [1.807, 2.05) is 19.1 Å². The van der Waals surface area contributed by atoms with Crippen LogP contribution in [0.4, 0.5) is 0 Å². The number of carbonyl (C=O) groups is 1. The minimum atomic E-state index is -0.386. The van der Waals surface area contributed by atoms with E-state index in [4.69, 9.17) is 9.15 Å². The quantitative estimate of drug-likeness (QED) is 0.754. The Morgan fingerprint density at radius 3 is 2.96 bits per heavy atom. The van der Waals surface area contributed by atoms with E-state index in [0.717, 1.165) is 37.1 Å². The maximum Gasteiger partial charge on any atom is 0.360 e. The van der Waals surface area contributed by atoms with Crippen LogP contribution in [0.5, 0.6) is 0 Å². The summed E-state index contributed by atoms with van der Waals surface area (Å²) in [6, 6.07) is 3.74. The van der Waals surface area contributed by atoms with Crippen LogP contribution in [0.3, 0.4) is 0 Å². The number of hydrogen-bond acceptors (Lipinski definition) is 5. The lowest BCUT2D eigenvalue weighted by molar-refractivity contribution is 0.0366. The van der Waals surface area contributed by atoms with Gasteiger partial charge in [-0.25, -0.2) is 9.78 Å². The summed E-state index contributed by atoms with van der Waals surface area (Å²) in [6.07, 6.45) is 6.31. The lowest BCUT2D eigenvalue weighted by atomic mass is 9.97. The summed E-state index contributed by atoms with van der Waals surface area (Å²) < 4.78 is 11.1. The highest BCUT2D eigenvalue weighted by Gasteiger charge is 2.22. The lowest BCUT2D eigenvalue weighted by Gasteiger charge is -2.31. The summed E-state index contributed by atoms with van der Waals surface area (Å²) in [4.78, 5) is 19.0. The van der Waals surface area contributed by atoms with Gasteiger partial charge in [0.15, 0.2) is 11.3 Å². The first-order chi connectivity index (χ1) is 11.7. The maximum absolute atomic E-state index is 12.4. The highest BCUT2D eigenvalue weighted by molar-refractivity contribution is 6.00. The number of pyridine rings is 1. The highest BCUT2D eigenvalue weighted by Crippen LogP contribution is 2.23. The summed E-state index contributed by atoms with van der Waals surface area (Å²) in [7, 11) is 0. The summed E-state index contributed by atoms with van der Waals surface area (Å²) in [5.41, 5.74) is 0.801. The Morgan fingerprint density at radius 2 is 2.21 bits per heavy atom. The molecule has 2 aromatic rings. The SMILES string of the molecule is CCCCN1CCC(COC(=O)c2nccc3cc(C)oc23)CC1. The Kier molecular flexibility index (Phi) is 5.51.